The number of hydrogen-bond acceptors (Lipinski definition) is 2. The van der Waals surface area contributed by atoms with Crippen LogP contribution in [0.3, 0.4) is 0 Å². The molecule has 6 heteroatoms. The van der Waals surface area contributed by atoms with E-state index in [4.69, 9.17) is 5.26 Å². The van der Waals surface area contributed by atoms with E-state index in [-0.39, 0.29) is 12.1 Å². The first-order valence-electron chi connectivity index (χ1n) is 7.16. The molecule has 0 spiro atoms. The topological polar surface area (TPSA) is 41.6 Å². The standard InChI is InChI=1S/C18H12F3N3/c19-18(20,21)16-8-2-1-5-14(16)12-24-11-13(6-3-9-22)15-7-4-10-23-17(15)24/h1-8,10-11H,12H2. The van der Waals surface area contributed by atoms with Gasteiger partial charge in [0.1, 0.15) is 5.65 Å². The van der Waals surface area contributed by atoms with Crippen LogP contribution in [-0.4, -0.2) is 9.55 Å². The number of halogens is 3. The summed E-state index contributed by atoms with van der Waals surface area (Å²) in [6.07, 6.45) is 1.84. The van der Waals surface area contributed by atoms with Crippen molar-refractivity contribution in [1.82, 2.24) is 9.55 Å². The van der Waals surface area contributed by atoms with Crippen LogP contribution in [0.1, 0.15) is 16.7 Å². The van der Waals surface area contributed by atoms with E-state index in [2.05, 4.69) is 4.98 Å². The minimum absolute atomic E-state index is 0.0452. The molecule has 3 aromatic rings. The smallest absolute Gasteiger partial charge is 0.327 e. The molecule has 0 saturated heterocycles. The van der Waals surface area contributed by atoms with Crippen molar-refractivity contribution in [1.29, 1.82) is 5.26 Å². The third-order valence-corrected chi connectivity index (χ3v) is 3.67. The van der Waals surface area contributed by atoms with Gasteiger partial charge in [-0.1, -0.05) is 18.2 Å². The van der Waals surface area contributed by atoms with Gasteiger partial charge >= 0.3 is 6.18 Å². The lowest BCUT2D eigenvalue weighted by Gasteiger charge is -2.13. The van der Waals surface area contributed by atoms with E-state index in [0.29, 0.717) is 5.65 Å². The zero-order chi connectivity index (χ0) is 17.2. The van der Waals surface area contributed by atoms with Crippen LogP contribution in [0.15, 0.2) is 54.9 Å². The molecule has 120 valence electrons. The van der Waals surface area contributed by atoms with Crippen molar-refractivity contribution >= 4 is 17.1 Å². The lowest BCUT2D eigenvalue weighted by molar-refractivity contribution is -0.138. The molecule has 1 aromatic carbocycles. The van der Waals surface area contributed by atoms with Gasteiger partial charge in [0, 0.05) is 36.0 Å². The van der Waals surface area contributed by atoms with Crippen molar-refractivity contribution in [3.8, 4) is 6.07 Å². The predicted octanol–water partition coefficient (Wildman–Crippen LogP) is 4.64. The van der Waals surface area contributed by atoms with Crippen molar-refractivity contribution in [2.45, 2.75) is 12.7 Å². The monoisotopic (exact) mass is 327 g/mol. The average Bonchev–Trinajstić information content (AvgIpc) is 2.91. The second-order valence-electron chi connectivity index (χ2n) is 5.20. The molecule has 0 aliphatic carbocycles. The van der Waals surface area contributed by atoms with E-state index >= 15 is 0 Å². The highest BCUT2D eigenvalue weighted by Gasteiger charge is 2.32. The Kier molecular flexibility index (Phi) is 4.09. The first-order valence-corrected chi connectivity index (χ1v) is 7.16. The molecule has 2 aromatic heterocycles. The summed E-state index contributed by atoms with van der Waals surface area (Å²) in [6, 6.07) is 11.0. The summed E-state index contributed by atoms with van der Waals surface area (Å²) in [5.41, 5.74) is 0.830. The van der Waals surface area contributed by atoms with E-state index in [0.717, 1.165) is 17.0 Å². The first kappa shape index (κ1) is 15.8. The van der Waals surface area contributed by atoms with Crippen LogP contribution in [0.4, 0.5) is 13.2 Å². The number of fused-ring (bicyclic) bond motifs is 1. The Morgan fingerprint density at radius 2 is 1.96 bits per heavy atom. The average molecular weight is 327 g/mol. The Morgan fingerprint density at radius 1 is 1.17 bits per heavy atom. The van der Waals surface area contributed by atoms with Crippen LogP contribution in [-0.2, 0) is 12.7 Å². The Balaban J connectivity index is 2.10. The predicted molar refractivity (Wildman–Crippen MR) is 84.9 cm³/mol. The van der Waals surface area contributed by atoms with Crippen LogP contribution in [0.25, 0.3) is 17.1 Å². The van der Waals surface area contributed by atoms with E-state index in [1.807, 2.05) is 12.1 Å². The summed E-state index contributed by atoms with van der Waals surface area (Å²) in [5, 5.41) is 9.47. The zero-order valence-corrected chi connectivity index (χ0v) is 12.5. The van der Waals surface area contributed by atoms with Crippen LogP contribution in [0.5, 0.6) is 0 Å². The molecule has 3 nitrogen and oxygen atoms in total. The minimum atomic E-state index is -4.41. The highest BCUT2D eigenvalue weighted by Crippen LogP contribution is 2.33. The number of aromatic nitrogens is 2. The van der Waals surface area contributed by atoms with Crippen LogP contribution in [0.2, 0.25) is 0 Å². The Hall–Kier alpha value is -3.07. The molecule has 0 aliphatic rings. The highest BCUT2D eigenvalue weighted by atomic mass is 19.4. The summed E-state index contributed by atoms with van der Waals surface area (Å²) < 4.78 is 41.2. The number of benzene rings is 1. The fraction of sp³-hybridized carbons (Fsp3) is 0.111. The van der Waals surface area contributed by atoms with Crippen LogP contribution < -0.4 is 0 Å². The Labute approximate surface area is 136 Å². The molecule has 3 rings (SSSR count). The van der Waals surface area contributed by atoms with Gasteiger partial charge in [-0.3, -0.25) is 0 Å². The summed E-state index contributed by atoms with van der Waals surface area (Å²) in [6.45, 7) is 0.0452. The van der Waals surface area contributed by atoms with Crippen molar-refractivity contribution in [3.05, 3.63) is 71.6 Å². The van der Waals surface area contributed by atoms with Crippen molar-refractivity contribution in [3.63, 3.8) is 0 Å². The molecule has 0 saturated carbocycles. The maximum absolute atomic E-state index is 13.2. The van der Waals surface area contributed by atoms with E-state index in [1.165, 1.54) is 18.2 Å². The molecule has 0 atom stereocenters. The van der Waals surface area contributed by atoms with Gasteiger partial charge in [0.15, 0.2) is 0 Å². The Bertz CT molecular complexity index is 946. The number of allylic oxidation sites excluding steroid dienone is 1. The molecule has 24 heavy (non-hydrogen) atoms. The van der Waals surface area contributed by atoms with Gasteiger partial charge in [-0.15, -0.1) is 0 Å². The molecule has 0 bridgehead atoms. The molecule has 0 radical (unpaired) electrons. The van der Waals surface area contributed by atoms with Gasteiger partial charge in [0.25, 0.3) is 0 Å². The molecular formula is C18H12F3N3. The largest absolute Gasteiger partial charge is 0.416 e. The Morgan fingerprint density at radius 3 is 2.71 bits per heavy atom. The summed E-state index contributed by atoms with van der Waals surface area (Å²) in [4.78, 5) is 4.26. The SMILES string of the molecule is N#CC=Cc1cn(Cc2ccccc2C(F)(F)F)c2ncccc12. The van der Waals surface area contributed by atoms with E-state index in [1.54, 1.807) is 35.2 Å². The zero-order valence-electron chi connectivity index (χ0n) is 12.5. The van der Waals surface area contributed by atoms with Crippen molar-refractivity contribution in [2.24, 2.45) is 0 Å². The lowest BCUT2D eigenvalue weighted by Crippen LogP contribution is -2.11. The van der Waals surface area contributed by atoms with Gasteiger partial charge in [0.2, 0.25) is 0 Å². The second kappa shape index (κ2) is 6.20. The third kappa shape index (κ3) is 3.01. The minimum Gasteiger partial charge on any atom is -0.327 e. The van der Waals surface area contributed by atoms with Crippen LogP contribution >= 0.6 is 0 Å². The summed E-state index contributed by atoms with van der Waals surface area (Å²) >= 11 is 0. The van der Waals surface area contributed by atoms with Gasteiger partial charge in [-0.25, -0.2) is 4.98 Å². The molecule has 0 N–H and O–H groups in total. The fourth-order valence-corrected chi connectivity index (χ4v) is 2.65. The first-order chi connectivity index (χ1) is 11.5. The maximum Gasteiger partial charge on any atom is 0.416 e. The number of pyridine rings is 1. The molecule has 0 fully saturated rings. The van der Waals surface area contributed by atoms with Gasteiger partial charge in [-0.2, -0.15) is 18.4 Å². The molecule has 0 unspecified atom stereocenters. The van der Waals surface area contributed by atoms with Crippen molar-refractivity contribution in [2.75, 3.05) is 0 Å². The number of hydrogen-bond donors (Lipinski definition) is 0. The summed E-state index contributed by atoms with van der Waals surface area (Å²) in [7, 11) is 0. The van der Waals surface area contributed by atoms with Gasteiger partial charge in [0.05, 0.1) is 11.6 Å². The number of rotatable bonds is 3. The van der Waals surface area contributed by atoms with E-state index in [9.17, 15) is 13.2 Å². The third-order valence-electron chi connectivity index (χ3n) is 3.67. The molecule has 2 heterocycles. The molecule has 0 amide bonds. The molecule has 0 aliphatic heterocycles. The molecular weight excluding hydrogens is 315 g/mol. The van der Waals surface area contributed by atoms with Gasteiger partial charge in [-0.05, 0) is 29.8 Å². The lowest BCUT2D eigenvalue weighted by atomic mass is 10.1. The number of nitriles is 1. The van der Waals surface area contributed by atoms with Crippen molar-refractivity contribution < 1.29 is 13.2 Å². The van der Waals surface area contributed by atoms with E-state index < -0.39 is 11.7 Å². The fourth-order valence-electron chi connectivity index (χ4n) is 2.65. The highest BCUT2D eigenvalue weighted by molar-refractivity contribution is 5.87. The second-order valence-corrected chi connectivity index (χ2v) is 5.20. The number of nitrogens with zero attached hydrogens (tertiary/aromatic N) is 3. The number of alkyl halides is 3. The maximum atomic E-state index is 13.2. The van der Waals surface area contributed by atoms with Gasteiger partial charge < -0.3 is 4.57 Å². The normalized spacial score (nSPS) is 11.9. The quantitative estimate of drug-likeness (QED) is 0.658. The van der Waals surface area contributed by atoms with Crippen LogP contribution in [0, 0.1) is 11.3 Å². The summed E-state index contributed by atoms with van der Waals surface area (Å²) in [5.74, 6) is 0.